The summed E-state index contributed by atoms with van der Waals surface area (Å²) in [6, 6.07) is 38.8. The fourth-order valence-corrected chi connectivity index (χ4v) is 6.85. The molecule has 1 unspecified atom stereocenters. The average molecular weight is 655 g/mol. The number of aromatic nitrogens is 1. The molecule has 0 amide bonds. The molecule has 0 spiro atoms. The zero-order valence-electron chi connectivity index (χ0n) is 29.3. The highest BCUT2D eigenvalue weighted by Gasteiger charge is 2.46. The third kappa shape index (κ3) is 7.76. The molecule has 0 fully saturated rings. The molecule has 4 aromatic carbocycles. The minimum absolute atomic E-state index is 0.422. The molecule has 0 aliphatic heterocycles. The Hall–Kier alpha value is -5.74. The van der Waals surface area contributed by atoms with Crippen molar-refractivity contribution in [2.45, 2.75) is 45.2 Å². The third-order valence-electron chi connectivity index (χ3n) is 9.09. The molecule has 4 nitrogen and oxygen atoms in total. The quantitative estimate of drug-likeness (QED) is 0.113. The van der Waals surface area contributed by atoms with Crippen LogP contribution in [0.1, 0.15) is 64.9 Å². The van der Waals surface area contributed by atoms with Crippen LogP contribution in [0.3, 0.4) is 0 Å². The highest BCUT2D eigenvalue weighted by Crippen LogP contribution is 2.55. The van der Waals surface area contributed by atoms with Crippen LogP contribution < -0.4 is 0 Å². The maximum atomic E-state index is 4.84. The number of aliphatic imine (C=N–C) groups is 3. The van der Waals surface area contributed by atoms with Crippen LogP contribution in [0.25, 0.3) is 17.2 Å². The molecule has 7 rings (SSSR count). The van der Waals surface area contributed by atoms with E-state index in [0.717, 1.165) is 18.8 Å². The maximum absolute atomic E-state index is 4.84. The van der Waals surface area contributed by atoms with Gasteiger partial charge < -0.3 is 0 Å². The van der Waals surface area contributed by atoms with Crippen LogP contribution in [-0.2, 0) is 24.9 Å². The van der Waals surface area contributed by atoms with Crippen molar-refractivity contribution in [3.05, 3.63) is 190 Å². The summed E-state index contributed by atoms with van der Waals surface area (Å²) in [4.78, 5) is 16.6. The molecule has 4 heteroatoms. The molecule has 1 atom stereocenters. The van der Waals surface area contributed by atoms with Crippen molar-refractivity contribution in [2.24, 2.45) is 15.0 Å². The van der Waals surface area contributed by atoms with E-state index >= 15 is 0 Å². The van der Waals surface area contributed by atoms with E-state index in [1.165, 1.54) is 68.5 Å². The molecular weight excluding hydrogens is 609 g/mol. The van der Waals surface area contributed by atoms with Crippen molar-refractivity contribution >= 4 is 26.2 Å². The topological polar surface area (TPSA) is 50.0 Å². The van der Waals surface area contributed by atoms with E-state index in [-0.39, 0.29) is 0 Å². The fraction of sp³-hybridized carbons (Fsp3) is 0.174. The molecule has 0 saturated heterocycles. The summed E-state index contributed by atoms with van der Waals surface area (Å²) >= 11 is 0. The summed E-state index contributed by atoms with van der Waals surface area (Å²) in [7, 11) is 0. The van der Waals surface area contributed by atoms with Gasteiger partial charge in [0, 0.05) is 6.20 Å². The van der Waals surface area contributed by atoms with Gasteiger partial charge in [-0.3, -0.25) is 20.0 Å². The van der Waals surface area contributed by atoms with Crippen LogP contribution in [0.5, 0.6) is 0 Å². The van der Waals surface area contributed by atoms with Gasteiger partial charge in [0.1, 0.15) is 0 Å². The standard InChI is InChI=1S/C26H20N2.C12H13N.C8H13N/c1-27-18-19-14-15-24-22(17-19)21-11-5-6-12-23(21)26(24,20-9-3-2-4-10-20)25-13-7-8-16-28-25;1-13-9-10-6-7-11-4-2-3-5-12(11)8-10;1-4-6-8(5-2)7-9-3/h2-17H,1,18H2;3,5-8H,1-2,4,9H2;4-6H,3,7H2,1-2H3/b;;6-4-,8-5+. The number of pyridine rings is 1. The van der Waals surface area contributed by atoms with Gasteiger partial charge in [0.05, 0.1) is 30.7 Å². The molecule has 5 aromatic rings. The second-order valence-electron chi connectivity index (χ2n) is 12.2. The molecular formula is C46H46N4. The van der Waals surface area contributed by atoms with Gasteiger partial charge in [-0.25, -0.2) is 0 Å². The van der Waals surface area contributed by atoms with Crippen molar-refractivity contribution in [1.82, 2.24) is 4.98 Å². The summed E-state index contributed by atoms with van der Waals surface area (Å²) < 4.78 is 0. The maximum Gasteiger partial charge on any atom is 0.0885 e. The molecule has 250 valence electrons. The van der Waals surface area contributed by atoms with E-state index in [4.69, 9.17) is 4.98 Å². The molecule has 50 heavy (non-hydrogen) atoms. The first-order chi connectivity index (χ1) is 24.6. The van der Waals surface area contributed by atoms with Gasteiger partial charge in [-0.1, -0.05) is 115 Å². The second kappa shape index (κ2) is 17.6. The largest absolute Gasteiger partial charge is 0.296 e. The summed E-state index contributed by atoms with van der Waals surface area (Å²) in [5.41, 5.74) is 13.4. The number of rotatable bonds is 9. The lowest BCUT2D eigenvalue weighted by Crippen LogP contribution is -2.29. The van der Waals surface area contributed by atoms with E-state index in [9.17, 15) is 0 Å². The first kappa shape index (κ1) is 35.6. The van der Waals surface area contributed by atoms with E-state index < -0.39 is 5.41 Å². The Labute approximate surface area is 298 Å². The minimum atomic E-state index is -0.422. The Kier molecular flexibility index (Phi) is 12.5. The number of aryl methyl sites for hydroxylation is 1. The van der Waals surface area contributed by atoms with Gasteiger partial charge in [-0.2, -0.15) is 0 Å². The van der Waals surface area contributed by atoms with E-state index in [1.54, 1.807) is 0 Å². The van der Waals surface area contributed by atoms with E-state index in [0.29, 0.717) is 6.54 Å². The minimum Gasteiger partial charge on any atom is -0.296 e. The first-order valence-corrected chi connectivity index (χ1v) is 17.1. The highest BCUT2D eigenvalue weighted by atomic mass is 14.7. The Morgan fingerprint density at radius 3 is 2.14 bits per heavy atom. The molecule has 0 saturated carbocycles. The monoisotopic (exact) mass is 654 g/mol. The van der Waals surface area contributed by atoms with Crippen molar-refractivity contribution in [1.29, 1.82) is 0 Å². The molecule has 2 aliphatic rings. The van der Waals surface area contributed by atoms with Crippen LogP contribution in [0, 0.1) is 0 Å². The second-order valence-corrected chi connectivity index (χ2v) is 12.2. The van der Waals surface area contributed by atoms with Crippen LogP contribution in [0.4, 0.5) is 0 Å². The summed E-state index contributed by atoms with van der Waals surface area (Å²) in [5, 5.41) is 0. The number of nitrogens with zero attached hydrogens (tertiary/aromatic N) is 4. The lowest BCUT2D eigenvalue weighted by atomic mass is 9.70. The smallest absolute Gasteiger partial charge is 0.0885 e. The lowest BCUT2D eigenvalue weighted by molar-refractivity contribution is 0.734. The van der Waals surface area contributed by atoms with Gasteiger partial charge in [0.2, 0.25) is 0 Å². The Bertz CT molecular complexity index is 1960. The predicted octanol–water partition coefficient (Wildman–Crippen LogP) is 10.7. The van der Waals surface area contributed by atoms with Crippen molar-refractivity contribution in [3.8, 4) is 11.1 Å². The summed E-state index contributed by atoms with van der Waals surface area (Å²) in [6.07, 6.45) is 14.7. The van der Waals surface area contributed by atoms with Gasteiger partial charge in [-0.15, -0.1) is 0 Å². The zero-order valence-corrected chi connectivity index (χ0v) is 29.3. The lowest BCUT2D eigenvalue weighted by Gasteiger charge is -2.32. The van der Waals surface area contributed by atoms with Gasteiger partial charge in [0.15, 0.2) is 0 Å². The van der Waals surface area contributed by atoms with Crippen molar-refractivity contribution < 1.29 is 0 Å². The Morgan fingerprint density at radius 2 is 1.44 bits per heavy atom. The molecule has 0 bridgehead atoms. The Morgan fingerprint density at radius 1 is 0.740 bits per heavy atom. The number of allylic oxidation sites excluding steroid dienone is 3. The number of benzene rings is 4. The first-order valence-electron chi connectivity index (χ1n) is 17.1. The van der Waals surface area contributed by atoms with E-state index in [1.807, 2.05) is 44.3 Å². The molecule has 0 radical (unpaired) electrons. The van der Waals surface area contributed by atoms with Gasteiger partial charge in [0.25, 0.3) is 0 Å². The average Bonchev–Trinajstić information content (AvgIpc) is 3.47. The van der Waals surface area contributed by atoms with Crippen LogP contribution in [0.15, 0.2) is 160 Å². The Balaban J connectivity index is 0.000000183. The molecule has 1 heterocycles. The number of hydrogen-bond acceptors (Lipinski definition) is 4. The number of hydrogen-bond donors (Lipinski definition) is 0. The summed E-state index contributed by atoms with van der Waals surface area (Å²) in [6.45, 7) is 16.6. The van der Waals surface area contributed by atoms with Crippen LogP contribution >= 0.6 is 0 Å². The highest BCUT2D eigenvalue weighted by molar-refractivity contribution is 5.86. The van der Waals surface area contributed by atoms with Crippen LogP contribution in [-0.4, -0.2) is 31.7 Å². The van der Waals surface area contributed by atoms with Crippen molar-refractivity contribution in [2.75, 3.05) is 6.54 Å². The molecule has 0 N–H and O–H groups in total. The fourth-order valence-electron chi connectivity index (χ4n) is 6.85. The third-order valence-corrected chi connectivity index (χ3v) is 9.09. The normalized spacial score (nSPS) is 15.4. The van der Waals surface area contributed by atoms with Gasteiger partial charge >= 0.3 is 0 Å². The molecule has 2 aliphatic carbocycles. The van der Waals surface area contributed by atoms with Crippen molar-refractivity contribution in [3.63, 3.8) is 0 Å². The SMILES string of the molecule is C=NCC(/C=C\C)=C/C.C=NCc1ccc2c(c1)-c1ccccc1C2(c1ccccc1)c1ccccn1.C=NCc1ccc2c(c1)C=CCC2. The van der Waals surface area contributed by atoms with Crippen LogP contribution in [0.2, 0.25) is 0 Å². The summed E-state index contributed by atoms with van der Waals surface area (Å²) in [5.74, 6) is 0. The zero-order chi connectivity index (χ0) is 35.2. The van der Waals surface area contributed by atoms with E-state index in [2.05, 4.69) is 150 Å². The number of fused-ring (bicyclic) bond motifs is 4. The van der Waals surface area contributed by atoms with Gasteiger partial charge in [-0.05, 0) is 127 Å². The molecule has 1 aromatic heterocycles. The predicted molar refractivity (Wildman–Crippen MR) is 215 cm³/mol.